The van der Waals surface area contributed by atoms with E-state index in [1.54, 1.807) is 24.3 Å². The van der Waals surface area contributed by atoms with Crippen LogP contribution in [0, 0.1) is 6.92 Å². The summed E-state index contributed by atoms with van der Waals surface area (Å²) in [4.78, 5) is 16.2. The zero-order valence-corrected chi connectivity index (χ0v) is 33.3. The number of likely N-dealkylation sites (tertiary alicyclic amines) is 1. The van der Waals surface area contributed by atoms with Crippen molar-refractivity contribution in [1.82, 2.24) is 9.62 Å². The normalized spacial score (nSPS) is 20.5. The Kier molecular flexibility index (Phi) is 12.9. The first-order valence-corrected chi connectivity index (χ1v) is 21.1. The highest BCUT2D eigenvalue weighted by atomic mass is 35.5. The Morgan fingerprint density at radius 1 is 0.842 bits per heavy atom. The molecule has 12 heteroatoms. The molecule has 0 bridgehead atoms. The number of aryl methyl sites for hydroxylation is 1. The van der Waals surface area contributed by atoms with Crippen molar-refractivity contribution >= 4 is 33.2 Å². The van der Waals surface area contributed by atoms with E-state index in [1.807, 2.05) is 97.9 Å². The number of rotatable bonds is 13. The molecular formula is C45H48ClN3O7S. The number of nitrogens with one attached hydrogen (secondary N) is 2. The quantitative estimate of drug-likeness (QED) is 0.0981. The van der Waals surface area contributed by atoms with Crippen LogP contribution in [-0.2, 0) is 42.9 Å². The molecular weight excluding hydrogens is 762 g/mol. The number of benzene rings is 5. The van der Waals surface area contributed by atoms with Gasteiger partial charge in [-0.1, -0.05) is 108 Å². The van der Waals surface area contributed by atoms with E-state index >= 15 is 0 Å². The molecule has 4 N–H and O–H groups in total. The molecule has 0 aromatic heterocycles. The minimum atomic E-state index is -4.00. The Balaban J connectivity index is 1.05. The Hall–Kier alpha value is -4.43. The number of anilines is 1. The van der Waals surface area contributed by atoms with Crippen LogP contribution in [0.2, 0.25) is 5.02 Å². The number of nitrogens with zero attached hydrogens (tertiary/aromatic N) is 1. The predicted molar refractivity (Wildman–Crippen MR) is 220 cm³/mol. The highest BCUT2D eigenvalue weighted by Gasteiger charge is 2.37. The number of amides is 1. The van der Waals surface area contributed by atoms with E-state index in [0.717, 1.165) is 33.4 Å². The van der Waals surface area contributed by atoms with Crippen LogP contribution in [0.1, 0.15) is 65.0 Å². The number of ether oxygens (including phenoxy) is 2. The summed E-state index contributed by atoms with van der Waals surface area (Å²) in [5.41, 5.74) is 4.72. The SMILES string of the molecule is Cc1ccc(S(=O)(=O)NC(Cc2ccccc2)C(=O)Nc2ccc(C3OC(CN4CCC(O)(c5ccc(Cl)cc5)CC4)CC(c4ccc(CO)cc4)O3)cc2)cc1. The number of sulfonamides is 1. The lowest BCUT2D eigenvalue weighted by molar-refractivity contribution is -0.253. The highest BCUT2D eigenvalue weighted by Crippen LogP contribution is 2.40. The third-order valence-electron chi connectivity index (χ3n) is 10.8. The van der Waals surface area contributed by atoms with Gasteiger partial charge in [0.15, 0.2) is 6.29 Å². The maximum absolute atomic E-state index is 13.8. The van der Waals surface area contributed by atoms with E-state index in [0.29, 0.717) is 49.6 Å². The molecule has 0 aliphatic carbocycles. The third kappa shape index (κ3) is 10.4. The van der Waals surface area contributed by atoms with Crippen LogP contribution < -0.4 is 10.0 Å². The van der Waals surface area contributed by atoms with Crippen LogP contribution in [0.5, 0.6) is 0 Å². The molecule has 5 aromatic rings. The van der Waals surface area contributed by atoms with Gasteiger partial charge in [0.25, 0.3) is 0 Å². The standard InChI is InChI=1S/C45H48ClN3O7S/c1-31-7-21-40(22-8-31)57(53,54)48-41(27-32-5-3-2-4-6-32)43(51)47-38-19-13-35(14-20-38)44-55-39(28-42(56-44)34-11-9-33(30-50)10-12-34)29-49-25-23-45(52,24-26-49)36-15-17-37(46)18-16-36/h2-22,39,41-42,44,48,50,52H,23-30H2,1H3,(H,47,51). The van der Waals surface area contributed by atoms with Gasteiger partial charge >= 0.3 is 0 Å². The van der Waals surface area contributed by atoms with E-state index < -0.39 is 33.9 Å². The summed E-state index contributed by atoms with van der Waals surface area (Å²) in [7, 11) is -4.00. The Labute approximate surface area is 339 Å². The molecule has 4 unspecified atom stereocenters. The molecule has 0 radical (unpaired) electrons. The van der Waals surface area contributed by atoms with Crippen molar-refractivity contribution in [2.45, 2.75) is 74.3 Å². The summed E-state index contributed by atoms with van der Waals surface area (Å²) in [6, 6.07) is 37.0. The summed E-state index contributed by atoms with van der Waals surface area (Å²) >= 11 is 6.10. The van der Waals surface area contributed by atoms with Gasteiger partial charge in [-0.25, -0.2) is 8.42 Å². The maximum Gasteiger partial charge on any atom is 0.242 e. The molecule has 2 aliphatic heterocycles. The minimum absolute atomic E-state index is 0.0496. The number of hydrogen-bond donors (Lipinski definition) is 4. The second-order valence-corrected chi connectivity index (χ2v) is 17.1. The average Bonchev–Trinajstić information content (AvgIpc) is 3.22. The van der Waals surface area contributed by atoms with Crippen LogP contribution in [0.3, 0.4) is 0 Å². The second-order valence-electron chi connectivity index (χ2n) is 15.0. The number of hydrogen-bond acceptors (Lipinski definition) is 8. The first-order valence-electron chi connectivity index (χ1n) is 19.2. The van der Waals surface area contributed by atoms with Gasteiger partial charge in [0, 0.05) is 42.3 Å². The average molecular weight is 810 g/mol. The van der Waals surface area contributed by atoms with Gasteiger partial charge in [-0.15, -0.1) is 0 Å². The fraction of sp³-hybridized carbons (Fsp3) is 0.311. The molecule has 298 valence electrons. The lowest BCUT2D eigenvalue weighted by Crippen LogP contribution is -2.46. The summed E-state index contributed by atoms with van der Waals surface area (Å²) in [5, 5.41) is 24.6. The molecule has 10 nitrogen and oxygen atoms in total. The largest absolute Gasteiger partial charge is 0.392 e. The van der Waals surface area contributed by atoms with Gasteiger partial charge in [-0.3, -0.25) is 4.79 Å². The molecule has 4 atom stereocenters. The van der Waals surface area contributed by atoms with Gasteiger partial charge in [-0.2, -0.15) is 4.72 Å². The first kappa shape index (κ1) is 40.8. The van der Waals surface area contributed by atoms with Crippen LogP contribution in [-0.4, -0.2) is 61.2 Å². The van der Waals surface area contributed by atoms with Crippen molar-refractivity contribution in [3.05, 3.63) is 166 Å². The van der Waals surface area contributed by atoms with E-state index in [4.69, 9.17) is 21.1 Å². The Morgan fingerprint density at radius 2 is 1.49 bits per heavy atom. The fourth-order valence-electron chi connectivity index (χ4n) is 7.44. The molecule has 1 amide bonds. The first-order chi connectivity index (χ1) is 27.5. The van der Waals surface area contributed by atoms with E-state index in [-0.39, 0.29) is 30.1 Å². The van der Waals surface area contributed by atoms with Crippen LogP contribution in [0.25, 0.3) is 0 Å². The number of halogens is 1. The van der Waals surface area contributed by atoms with Crippen LogP contribution in [0.4, 0.5) is 5.69 Å². The topological polar surface area (TPSA) is 137 Å². The van der Waals surface area contributed by atoms with Crippen molar-refractivity contribution in [2.24, 2.45) is 0 Å². The van der Waals surface area contributed by atoms with Gasteiger partial charge in [-0.05, 0) is 84.8 Å². The molecule has 2 heterocycles. The molecule has 0 spiro atoms. The Morgan fingerprint density at radius 3 is 2.14 bits per heavy atom. The second kappa shape index (κ2) is 18.0. The smallest absolute Gasteiger partial charge is 0.242 e. The summed E-state index contributed by atoms with van der Waals surface area (Å²) in [6.07, 6.45) is 0.755. The predicted octanol–water partition coefficient (Wildman–Crippen LogP) is 7.20. The van der Waals surface area contributed by atoms with Crippen LogP contribution in [0.15, 0.2) is 132 Å². The molecule has 0 saturated carbocycles. The lowest BCUT2D eigenvalue weighted by Gasteiger charge is -2.42. The summed E-state index contributed by atoms with van der Waals surface area (Å²) < 4.78 is 42.6. The molecule has 2 fully saturated rings. The molecule has 2 saturated heterocycles. The number of carbonyl (C=O) groups excluding carboxylic acids is 1. The number of aliphatic hydroxyl groups is 2. The fourth-order valence-corrected chi connectivity index (χ4v) is 8.76. The van der Waals surface area contributed by atoms with Crippen molar-refractivity contribution in [1.29, 1.82) is 0 Å². The van der Waals surface area contributed by atoms with Gasteiger partial charge in [0.2, 0.25) is 15.9 Å². The maximum atomic E-state index is 13.8. The van der Waals surface area contributed by atoms with E-state index in [1.165, 1.54) is 12.1 Å². The highest BCUT2D eigenvalue weighted by molar-refractivity contribution is 7.89. The molecule has 5 aromatic carbocycles. The number of piperidine rings is 1. The van der Waals surface area contributed by atoms with Gasteiger partial charge in [0.1, 0.15) is 6.04 Å². The lowest BCUT2D eigenvalue weighted by atomic mass is 9.84. The molecule has 7 rings (SSSR count). The van der Waals surface area contributed by atoms with Crippen LogP contribution >= 0.6 is 11.6 Å². The van der Waals surface area contributed by atoms with Crippen molar-refractivity contribution in [3.63, 3.8) is 0 Å². The summed E-state index contributed by atoms with van der Waals surface area (Å²) in [6.45, 7) is 3.87. The number of aliphatic hydroxyl groups excluding tert-OH is 1. The third-order valence-corrected chi connectivity index (χ3v) is 12.6. The minimum Gasteiger partial charge on any atom is -0.392 e. The van der Waals surface area contributed by atoms with E-state index in [2.05, 4.69) is 14.9 Å². The van der Waals surface area contributed by atoms with Crippen molar-refractivity contribution < 1.29 is 32.9 Å². The van der Waals surface area contributed by atoms with Gasteiger partial charge < -0.3 is 29.9 Å². The Bertz CT molecular complexity index is 2200. The zero-order valence-electron chi connectivity index (χ0n) is 31.8. The molecule has 57 heavy (non-hydrogen) atoms. The summed E-state index contributed by atoms with van der Waals surface area (Å²) in [5.74, 6) is -0.497. The van der Waals surface area contributed by atoms with Crippen molar-refractivity contribution in [2.75, 3.05) is 25.0 Å². The van der Waals surface area contributed by atoms with E-state index in [9.17, 15) is 23.4 Å². The molecule has 2 aliphatic rings. The zero-order chi connectivity index (χ0) is 40.0. The monoisotopic (exact) mass is 809 g/mol. The number of carbonyl (C=O) groups is 1. The van der Waals surface area contributed by atoms with Gasteiger partial charge in [0.05, 0.1) is 29.3 Å². The van der Waals surface area contributed by atoms with Crippen molar-refractivity contribution in [3.8, 4) is 0 Å².